The number of unbranched alkanes of at least 4 members (excludes halogenated alkanes) is 6. The smallest absolute Gasteiger partial charge is 0.132 e. The Balaban J connectivity index is 3.01. The van der Waals surface area contributed by atoms with Gasteiger partial charge in [-0.25, -0.2) is 0 Å². The quantitative estimate of drug-likeness (QED) is 0.477. The van der Waals surface area contributed by atoms with Crippen LogP contribution in [0, 0.1) is 6.92 Å². The third kappa shape index (κ3) is 9.76. The van der Waals surface area contributed by atoms with Crippen molar-refractivity contribution in [1.29, 1.82) is 0 Å². The lowest BCUT2D eigenvalue weighted by atomic mass is 10.1. The van der Waals surface area contributed by atoms with E-state index in [4.69, 9.17) is 0 Å². The zero-order chi connectivity index (χ0) is 10.6. The van der Waals surface area contributed by atoms with Crippen molar-refractivity contribution in [1.82, 2.24) is 0 Å². The van der Waals surface area contributed by atoms with E-state index in [1.165, 1.54) is 38.5 Å². The molecule has 0 aliphatic rings. The third-order valence-corrected chi connectivity index (χ3v) is 2.51. The number of hydrogen-bond acceptors (Lipinski definition) is 1. The van der Waals surface area contributed by atoms with Crippen LogP contribution in [-0.4, -0.2) is 5.78 Å². The van der Waals surface area contributed by atoms with Crippen LogP contribution in [0.1, 0.15) is 71.1 Å². The van der Waals surface area contributed by atoms with Crippen LogP contribution < -0.4 is 0 Å². The molecule has 0 saturated carbocycles. The molecule has 0 bridgehead atoms. The number of carbonyl (C=O) groups is 1. The molecular weight excluding hydrogens is 172 g/mol. The second kappa shape index (κ2) is 10.7. The van der Waals surface area contributed by atoms with Crippen LogP contribution in [-0.2, 0) is 4.79 Å². The Morgan fingerprint density at radius 3 is 2.07 bits per heavy atom. The number of Topliss-reactive ketones (excluding diaryl/α,β-unsaturated/α-hetero) is 1. The molecule has 0 aromatic heterocycles. The minimum atomic E-state index is 0.397. The minimum Gasteiger partial charge on any atom is -0.300 e. The van der Waals surface area contributed by atoms with Crippen LogP contribution in [0.5, 0.6) is 0 Å². The summed E-state index contributed by atoms with van der Waals surface area (Å²) in [5, 5.41) is 0. The number of hydrogen-bond donors (Lipinski definition) is 0. The van der Waals surface area contributed by atoms with E-state index in [1.807, 2.05) is 0 Å². The topological polar surface area (TPSA) is 17.1 Å². The monoisotopic (exact) mass is 197 g/mol. The average Bonchev–Trinajstić information content (AvgIpc) is 2.17. The number of carbonyl (C=O) groups excluding carboxylic acids is 1. The lowest BCUT2D eigenvalue weighted by Gasteiger charge is -2.00. The number of rotatable bonds is 10. The molecule has 0 rings (SSSR count). The van der Waals surface area contributed by atoms with E-state index in [9.17, 15) is 4.79 Å². The zero-order valence-corrected chi connectivity index (χ0v) is 9.69. The fourth-order valence-corrected chi connectivity index (χ4v) is 1.60. The van der Waals surface area contributed by atoms with Crippen LogP contribution in [0.2, 0.25) is 0 Å². The molecule has 0 N–H and O–H groups in total. The summed E-state index contributed by atoms with van der Waals surface area (Å²) in [6.07, 6.45) is 11.2. The molecule has 0 aliphatic heterocycles. The molecule has 1 nitrogen and oxygen atoms in total. The molecule has 14 heavy (non-hydrogen) atoms. The van der Waals surface area contributed by atoms with E-state index >= 15 is 0 Å². The van der Waals surface area contributed by atoms with Gasteiger partial charge in [0.1, 0.15) is 5.78 Å². The Kier molecular flexibility index (Phi) is 10.5. The molecule has 0 aromatic rings. The van der Waals surface area contributed by atoms with Crippen LogP contribution >= 0.6 is 0 Å². The molecule has 0 saturated heterocycles. The molecule has 0 aliphatic carbocycles. The van der Waals surface area contributed by atoms with Gasteiger partial charge in [-0.3, -0.25) is 4.79 Å². The van der Waals surface area contributed by atoms with Crippen molar-refractivity contribution < 1.29 is 4.79 Å². The molecule has 0 heterocycles. The predicted octanol–water partition coefficient (Wildman–Crippen LogP) is 4.31. The second-order valence-electron chi connectivity index (χ2n) is 4.01. The summed E-state index contributed by atoms with van der Waals surface area (Å²) in [4.78, 5) is 11.1. The highest BCUT2D eigenvalue weighted by atomic mass is 16.1. The minimum absolute atomic E-state index is 0.397. The van der Waals surface area contributed by atoms with Crippen LogP contribution in [0.4, 0.5) is 0 Å². The van der Waals surface area contributed by atoms with E-state index in [-0.39, 0.29) is 0 Å². The third-order valence-electron chi connectivity index (χ3n) is 2.51. The lowest BCUT2D eigenvalue weighted by Crippen LogP contribution is -1.96. The lowest BCUT2D eigenvalue weighted by molar-refractivity contribution is -0.119. The van der Waals surface area contributed by atoms with Gasteiger partial charge >= 0.3 is 0 Å². The summed E-state index contributed by atoms with van der Waals surface area (Å²) in [6.45, 7) is 5.92. The van der Waals surface area contributed by atoms with Crippen molar-refractivity contribution in [2.75, 3.05) is 0 Å². The van der Waals surface area contributed by atoms with Crippen LogP contribution in [0.15, 0.2) is 0 Å². The first kappa shape index (κ1) is 13.7. The predicted molar refractivity (Wildman–Crippen MR) is 62.2 cm³/mol. The van der Waals surface area contributed by atoms with Crippen molar-refractivity contribution in [2.24, 2.45) is 0 Å². The molecule has 1 radical (unpaired) electrons. The molecule has 83 valence electrons. The highest BCUT2D eigenvalue weighted by Crippen LogP contribution is 2.09. The Labute approximate surface area is 89.3 Å². The first-order valence-electron chi connectivity index (χ1n) is 6.12. The van der Waals surface area contributed by atoms with Gasteiger partial charge in [0.2, 0.25) is 0 Å². The summed E-state index contributed by atoms with van der Waals surface area (Å²) in [5.74, 6) is 0.397. The maximum Gasteiger partial charge on any atom is 0.132 e. The molecule has 0 spiro atoms. The van der Waals surface area contributed by atoms with E-state index in [2.05, 4.69) is 13.8 Å². The van der Waals surface area contributed by atoms with Gasteiger partial charge in [0.05, 0.1) is 0 Å². The van der Waals surface area contributed by atoms with E-state index in [0.717, 1.165) is 19.3 Å². The highest BCUT2D eigenvalue weighted by molar-refractivity contribution is 5.78. The number of ketones is 1. The SMILES string of the molecule is [CH2]CCC(=O)CCCCCCCCC. The van der Waals surface area contributed by atoms with Crippen molar-refractivity contribution in [3.8, 4) is 0 Å². The molecule has 0 fully saturated rings. The van der Waals surface area contributed by atoms with Gasteiger partial charge in [0.15, 0.2) is 0 Å². The Morgan fingerprint density at radius 1 is 0.929 bits per heavy atom. The fourth-order valence-electron chi connectivity index (χ4n) is 1.60. The molecule has 0 atom stereocenters. The molecule has 1 heteroatoms. The Morgan fingerprint density at radius 2 is 1.50 bits per heavy atom. The van der Waals surface area contributed by atoms with E-state index in [1.54, 1.807) is 0 Å². The van der Waals surface area contributed by atoms with Gasteiger partial charge in [-0.2, -0.15) is 0 Å². The van der Waals surface area contributed by atoms with Crippen LogP contribution in [0.25, 0.3) is 0 Å². The summed E-state index contributed by atoms with van der Waals surface area (Å²) in [7, 11) is 0. The normalized spacial score (nSPS) is 10.4. The van der Waals surface area contributed by atoms with Gasteiger partial charge in [0, 0.05) is 12.8 Å². The first-order valence-corrected chi connectivity index (χ1v) is 6.12. The summed E-state index contributed by atoms with van der Waals surface area (Å²) in [5.41, 5.74) is 0. The molecule has 0 amide bonds. The van der Waals surface area contributed by atoms with Gasteiger partial charge < -0.3 is 0 Å². The molecule has 0 unspecified atom stereocenters. The Hall–Kier alpha value is -0.330. The zero-order valence-electron chi connectivity index (χ0n) is 9.69. The highest BCUT2D eigenvalue weighted by Gasteiger charge is 1.99. The van der Waals surface area contributed by atoms with Crippen molar-refractivity contribution in [3.63, 3.8) is 0 Å². The standard InChI is InChI=1S/C13H25O/c1-3-5-6-7-8-9-10-12-13(14)11-4-2/h2-12H2,1H3. The van der Waals surface area contributed by atoms with E-state index < -0.39 is 0 Å². The van der Waals surface area contributed by atoms with Gasteiger partial charge in [-0.15, -0.1) is 0 Å². The van der Waals surface area contributed by atoms with Gasteiger partial charge in [-0.1, -0.05) is 52.4 Å². The van der Waals surface area contributed by atoms with Crippen molar-refractivity contribution in [2.45, 2.75) is 71.1 Å². The maximum absolute atomic E-state index is 11.1. The van der Waals surface area contributed by atoms with Crippen LogP contribution in [0.3, 0.4) is 0 Å². The largest absolute Gasteiger partial charge is 0.300 e. The van der Waals surface area contributed by atoms with E-state index in [0.29, 0.717) is 12.2 Å². The molecule has 0 aromatic carbocycles. The van der Waals surface area contributed by atoms with Gasteiger partial charge in [-0.05, 0) is 12.8 Å². The maximum atomic E-state index is 11.1. The fraction of sp³-hybridized carbons (Fsp3) is 0.846. The second-order valence-corrected chi connectivity index (χ2v) is 4.01. The summed E-state index contributed by atoms with van der Waals surface area (Å²) >= 11 is 0. The summed E-state index contributed by atoms with van der Waals surface area (Å²) in [6, 6.07) is 0. The molecular formula is C13H25O. The summed E-state index contributed by atoms with van der Waals surface area (Å²) < 4.78 is 0. The Bertz CT molecular complexity index is 129. The van der Waals surface area contributed by atoms with Crippen molar-refractivity contribution in [3.05, 3.63) is 6.92 Å². The van der Waals surface area contributed by atoms with Crippen molar-refractivity contribution >= 4 is 5.78 Å². The first-order chi connectivity index (χ1) is 6.81. The average molecular weight is 197 g/mol. The van der Waals surface area contributed by atoms with Gasteiger partial charge in [0.25, 0.3) is 0 Å².